The normalized spacial score (nSPS) is 11.6. The monoisotopic (exact) mass is 388 g/mol. The number of hydrogen-bond donors (Lipinski definition) is 1. The second-order valence-electron chi connectivity index (χ2n) is 5.38. The maximum atomic E-state index is 11.0. The van der Waals surface area contributed by atoms with Crippen molar-refractivity contribution in [3.05, 3.63) is 33.0 Å². The van der Waals surface area contributed by atoms with Crippen LogP contribution in [0.4, 0.5) is 5.13 Å². The SMILES string of the molecule is CC(=O)Nc1nc(CCc2cc(CCCOS(C)(=O)=O)cs2)cs1. The van der Waals surface area contributed by atoms with Crippen LogP contribution in [0.3, 0.4) is 0 Å². The fourth-order valence-electron chi connectivity index (χ4n) is 2.06. The lowest BCUT2D eigenvalue weighted by Crippen LogP contribution is -2.05. The summed E-state index contributed by atoms with van der Waals surface area (Å²) in [5.74, 6) is -0.112. The van der Waals surface area contributed by atoms with Crippen molar-refractivity contribution in [3.63, 3.8) is 0 Å². The average molecular weight is 389 g/mol. The van der Waals surface area contributed by atoms with Gasteiger partial charge in [0.25, 0.3) is 10.1 Å². The third-order valence-electron chi connectivity index (χ3n) is 3.08. The lowest BCUT2D eigenvalue weighted by molar-refractivity contribution is -0.114. The maximum absolute atomic E-state index is 11.0. The van der Waals surface area contributed by atoms with Crippen LogP contribution >= 0.6 is 22.7 Å². The Balaban J connectivity index is 1.75. The van der Waals surface area contributed by atoms with Gasteiger partial charge in [-0.1, -0.05) is 0 Å². The number of nitrogens with one attached hydrogen (secondary N) is 1. The Bertz CT molecular complexity index is 780. The van der Waals surface area contributed by atoms with Gasteiger partial charge < -0.3 is 5.32 Å². The van der Waals surface area contributed by atoms with E-state index in [-0.39, 0.29) is 12.5 Å². The largest absolute Gasteiger partial charge is 0.302 e. The quantitative estimate of drug-likeness (QED) is 0.527. The molecule has 0 saturated carbocycles. The van der Waals surface area contributed by atoms with Gasteiger partial charge in [0, 0.05) is 17.2 Å². The molecule has 0 atom stereocenters. The van der Waals surface area contributed by atoms with Gasteiger partial charge >= 0.3 is 0 Å². The standard InChI is InChI=1S/C15H20N2O4S3/c1-11(18)16-15-17-13(10-23-15)5-6-14-8-12(9-22-14)4-3-7-21-24(2,19)20/h8-10H,3-7H2,1-2H3,(H,16,17,18). The van der Waals surface area contributed by atoms with E-state index in [1.54, 1.807) is 11.3 Å². The predicted octanol–water partition coefficient (Wildman–Crippen LogP) is 2.86. The summed E-state index contributed by atoms with van der Waals surface area (Å²) in [5, 5.41) is 7.38. The molecular formula is C15H20N2O4S3. The van der Waals surface area contributed by atoms with Gasteiger partial charge in [-0.2, -0.15) is 8.42 Å². The molecule has 2 aromatic rings. The molecule has 2 heterocycles. The van der Waals surface area contributed by atoms with E-state index in [1.807, 2.05) is 5.38 Å². The molecule has 0 radical (unpaired) electrons. The lowest BCUT2D eigenvalue weighted by Gasteiger charge is -1.99. The zero-order chi connectivity index (χ0) is 17.6. The van der Waals surface area contributed by atoms with E-state index < -0.39 is 10.1 Å². The van der Waals surface area contributed by atoms with Crippen molar-refractivity contribution in [2.45, 2.75) is 32.6 Å². The molecule has 0 aliphatic heterocycles. The van der Waals surface area contributed by atoms with Crippen LogP contribution in [-0.2, 0) is 38.4 Å². The van der Waals surface area contributed by atoms with Crippen LogP contribution in [-0.4, -0.2) is 32.2 Å². The van der Waals surface area contributed by atoms with Gasteiger partial charge in [-0.05, 0) is 42.7 Å². The van der Waals surface area contributed by atoms with Crippen molar-refractivity contribution < 1.29 is 17.4 Å². The minimum atomic E-state index is -3.35. The van der Waals surface area contributed by atoms with Crippen LogP contribution in [0.5, 0.6) is 0 Å². The minimum absolute atomic E-state index is 0.112. The Morgan fingerprint density at radius 3 is 2.75 bits per heavy atom. The van der Waals surface area contributed by atoms with E-state index in [0.717, 1.165) is 31.2 Å². The van der Waals surface area contributed by atoms with Crippen LogP contribution in [0.25, 0.3) is 0 Å². The van der Waals surface area contributed by atoms with Gasteiger partial charge in [0.15, 0.2) is 5.13 Å². The zero-order valence-corrected chi connectivity index (χ0v) is 16.0. The summed E-state index contributed by atoms with van der Waals surface area (Å²) in [7, 11) is -3.35. The number of hydrogen-bond acceptors (Lipinski definition) is 7. The number of carbonyl (C=O) groups excluding carboxylic acids is 1. The third kappa shape index (κ3) is 7.08. The second-order valence-corrected chi connectivity index (χ2v) is 8.87. The molecular weight excluding hydrogens is 368 g/mol. The first-order valence-corrected chi connectivity index (χ1v) is 11.0. The Hall–Kier alpha value is -1.29. The summed E-state index contributed by atoms with van der Waals surface area (Å²) in [6.45, 7) is 1.68. The Morgan fingerprint density at radius 1 is 1.25 bits per heavy atom. The smallest absolute Gasteiger partial charge is 0.264 e. The molecule has 0 spiro atoms. The highest BCUT2D eigenvalue weighted by atomic mass is 32.2. The molecule has 132 valence electrons. The first kappa shape index (κ1) is 19.0. The fraction of sp³-hybridized carbons (Fsp3) is 0.467. The van der Waals surface area contributed by atoms with Crippen LogP contribution in [0.2, 0.25) is 0 Å². The maximum Gasteiger partial charge on any atom is 0.264 e. The molecule has 1 N–H and O–H groups in total. The number of nitrogens with zero attached hydrogens (tertiary/aromatic N) is 1. The highest BCUT2D eigenvalue weighted by Gasteiger charge is 2.06. The number of carbonyl (C=O) groups is 1. The molecule has 9 heteroatoms. The van der Waals surface area contributed by atoms with Gasteiger partial charge in [-0.15, -0.1) is 22.7 Å². The molecule has 0 aliphatic carbocycles. The van der Waals surface area contributed by atoms with Crippen molar-refractivity contribution in [2.24, 2.45) is 0 Å². The molecule has 0 aliphatic rings. The fourth-order valence-corrected chi connectivity index (χ4v) is 4.20. The van der Waals surface area contributed by atoms with E-state index in [0.29, 0.717) is 11.6 Å². The molecule has 24 heavy (non-hydrogen) atoms. The lowest BCUT2D eigenvalue weighted by atomic mass is 10.1. The summed E-state index contributed by atoms with van der Waals surface area (Å²) in [4.78, 5) is 16.6. The summed E-state index contributed by atoms with van der Waals surface area (Å²) in [6.07, 6.45) is 4.26. The molecule has 0 bridgehead atoms. The van der Waals surface area contributed by atoms with E-state index in [9.17, 15) is 13.2 Å². The van der Waals surface area contributed by atoms with Gasteiger partial charge in [0.1, 0.15) is 0 Å². The first-order valence-electron chi connectivity index (χ1n) is 7.44. The molecule has 0 fully saturated rings. The van der Waals surface area contributed by atoms with Crippen molar-refractivity contribution in [1.29, 1.82) is 0 Å². The Morgan fingerprint density at radius 2 is 2.04 bits per heavy atom. The van der Waals surface area contributed by atoms with Gasteiger partial charge in [-0.25, -0.2) is 4.98 Å². The number of aromatic nitrogens is 1. The third-order valence-corrected chi connectivity index (χ3v) is 5.52. The number of aryl methyl sites for hydroxylation is 3. The number of thiophene rings is 1. The van der Waals surface area contributed by atoms with Crippen LogP contribution in [0, 0.1) is 0 Å². The Labute approximate surface area is 150 Å². The van der Waals surface area contributed by atoms with Gasteiger partial charge in [0.05, 0.1) is 18.6 Å². The zero-order valence-electron chi connectivity index (χ0n) is 13.6. The molecule has 2 aromatic heterocycles. The van der Waals surface area contributed by atoms with Crippen molar-refractivity contribution in [3.8, 4) is 0 Å². The van der Waals surface area contributed by atoms with Crippen LogP contribution in [0.15, 0.2) is 16.8 Å². The van der Waals surface area contributed by atoms with Crippen LogP contribution in [0.1, 0.15) is 29.5 Å². The Kier molecular flexibility index (Phi) is 6.90. The predicted molar refractivity (Wildman–Crippen MR) is 97.3 cm³/mol. The number of amides is 1. The van der Waals surface area contributed by atoms with E-state index in [1.165, 1.54) is 28.7 Å². The second kappa shape index (κ2) is 8.70. The van der Waals surface area contributed by atoms with E-state index >= 15 is 0 Å². The summed E-state index contributed by atoms with van der Waals surface area (Å²) in [6, 6.07) is 2.15. The molecule has 2 rings (SSSR count). The number of thiazole rings is 1. The summed E-state index contributed by atoms with van der Waals surface area (Å²) >= 11 is 3.13. The highest BCUT2D eigenvalue weighted by Crippen LogP contribution is 2.20. The first-order chi connectivity index (χ1) is 11.3. The van der Waals surface area contributed by atoms with E-state index in [4.69, 9.17) is 4.18 Å². The topological polar surface area (TPSA) is 85.4 Å². The summed E-state index contributed by atoms with van der Waals surface area (Å²) in [5.41, 5.74) is 2.17. The van der Waals surface area contributed by atoms with Crippen LogP contribution < -0.4 is 5.32 Å². The minimum Gasteiger partial charge on any atom is -0.302 e. The number of anilines is 1. The van der Waals surface area contributed by atoms with Crippen molar-refractivity contribution in [2.75, 3.05) is 18.2 Å². The average Bonchev–Trinajstić information content (AvgIpc) is 3.09. The number of rotatable bonds is 9. The van der Waals surface area contributed by atoms with Gasteiger partial charge in [0.2, 0.25) is 5.91 Å². The van der Waals surface area contributed by atoms with Crippen molar-refractivity contribution >= 4 is 43.8 Å². The highest BCUT2D eigenvalue weighted by molar-refractivity contribution is 7.85. The summed E-state index contributed by atoms with van der Waals surface area (Å²) < 4.78 is 26.5. The van der Waals surface area contributed by atoms with Crippen molar-refractivity contribution in [1.82, 2.24) is 4.98 Å². The molecule has 0 saturated heterocycles. The molecule has 6 nitrogen and oxygen atoms in total. The van der Waals surface area contributed by atoms with E-state index in [2.05, 4.69) is 21.7 Å². The molecule has 1 amide bonds. The molecule has 0 aromatic carbocycles. The van der Waals surface area contributed by atoms with Gasteiger partial charge in [-0.3, -0.25) is 8.98 Å². The molecule has 0 unspecified atom stereocenters.